The Labute approximate surface area is 107 Å². The van der Waals surface area contributed by atoms with Crippen molar-refractivity contribution in [3.63, 3.8) is 0 Å². The molecule has 5 nitrogen and oxygen atoms in total. The van der Waals surface area contributed by atoms with Crippen LogP contribution in [0.3, 0.4) is 0 Å². The van der Waals surface area contributed by atoms with E-state index in [1.54, 1.807) is 12.3 Å². The molecule has 1 aromatic rings. The van der Waals surface area contributed by atoms with E-state index in [4.69, 9.17) is 10.5 Å². The van der Waals surface area contributed by atoms with Crippen molar-refractivity contribution in [1.82, 2.24) is 9.88 Å². The molecule has 1 saturated heterocycles. The highest BCUT2D eigenvalue weighted by atomic mass is 16.5. The van der Waals surface area contributed by atoms with E-state index in [-0.39, 0.29) is 18.1 Å². The Morgan fingerprint density at radius 3 is 3.11 bits per heavy atom. The fourth-order valence-corrected chi connectivity index (χ4v) is 2.11. The number of aryl methyl sites for hydroxylation is 1. The Balaban J connectivity index is 2.19. The first-order valence-corrected chi connectivity index (χ1v) is 6.17. The smallest absolute Gasteiger partial charge is 0.256 e. The molecule has 0 radical (unpaired) electrons. The van der Waals surface area contributed by atoms with Gasteiger partial charge in [0.1, 0.15) is 0 Å². The highest BCUT2D eigenvalue weighted by molar-refractivity contribution is 5.95. The van der Waals surface area contributed by atoms with E-state index in [9.17, 15) is 4.79 Å². The maximum absolute atomic E-state index is 12.5. The molecule has 2 unspecified atom stereocenters. The Kier molecular flexibility index (Phi) is 3.93. The quantitative estimate of drug-likeness (QED) is 0.832. The molecule has 1 aliphatic rings. The molecule has 0 spiro atoms. The van der Waals surface area contributed by atoms with Crippen molar-refractivity contribution >= 4 is 5.91 Å². The van der Waals surface area contributed by atoms with Crippen molar-refractivity contribution in [3.8, 4) is 0 Å². The van der Waals surface area contributed by atoms with E-state index in [0.717, 1.165) is 5.69 Å². The number of hydrogen-bond donors (Lipinski definition) is 1. The van der Waals surface area contributed by atoms with Gasteiger partial charge in [0.2, 0.25) is 0 Å². The molecule has 18 heavy (non-hydrogen) atoms. The summed E-state index contributed by atoms with van der Waals surface area (Å²) in [6.45, 7) is 5.34. The van der Waals surface area contributed by atoms with Gasteiger partial charge in [-0.2, -0.15) is 0 Å². The molecule has 2 rings (SSSR count). The zero-order chi connectivity index (χ0) is 13.1. The topological polar surface area (TPSA) is 68.5 Å². The van der Waals surface area contributed by atoms with Gasteiger partial charge in [-0.3, -0.25) is 9.78 Å². The van der Waals surface area contributed by atoms with E-state index in [1.807, 2.05) is 24.8 Å². The molecule has 2 atom stereocenters. The van der Waals surface area contributed by atoms with E-state index >= 15 is 0 Å². The third-order valence-corrected chi connectivity index (χ3v) is 3.27. The van der Waals surface area contributed by atoms with Gasteiger partial charge >= 0.3 is 0 Å². The number of nitrogens with zero attached hydrogens (tertiary/aromatic N) is 2. The first kappa shape index (κ1) is 13.0. The second-order valence-corrected chi connectivity index (χ2v) is 4.63. The summed E-state index contributed by atoms with van der Waals surface area (Å²) < 4.78 is 5.55. The third-order valence-electron chi connectivity index (χ3n) is 3.27. The summed E-state index contributed by atoms with van der Waals surface area (Å²) in [6, 6.07) is 3.66. The molecular formula is C13H19N3O2. The normalized spacial score (nSPS) is 24.1. The Hall–Kier alpha value is -1.46. The number of amides is 1. The summed E-state index contributed by atoms with van der Waals surface area (Å²) in [4.78, 5) is 18.5. The van der Waals surface area contributed by atoms with Crippen molar-refractivity contribution in [3.05, 3.63) is 29.6 Å². The van der Waals surface area contributed by atoms with E-state index < -0.39 is 0 Å². The molecule has 2 heterocycles. The summed E-state index contributed by atoms with van der Waals surface area (Å²) in [6.07, 6.45) is 1.62. The Bertz CT molecular complexity index is 436. The number of rotatable bonds is 2. The second kappa shape index (κ2) is 5.46. The first-order chi connectivity index (χ1) is 8.63. The molecule has 1 aliphatic heterocycles. The van der Waals surface area contributed by atoms with Crippen LogP contribution in [0.5, 0.6) is 0 Å². The predicted molar refractivity (Wildman–Crippen MR) is 68.3 cm³/mol. The van der Waals surface area contributed by atoms with E-state index in [0.29, 0.717) is 25.3 Å². The van der Waals surface area contributed by atoms with Gasteiger partial charge in [0.25, 0.3) is 5.91 Å². The van der Waals surface area contributed by atoms with Crippen LogP contribution in [0, 0.1) is 6.92 Å². The third kappa shape index (κ3) is 2.52. The van der Waals surface area contributed by atoms with Crippen LogP contribution in [0.2, 0.25) is 0 Å². The molecule has 0 saturated carbocycles. The van der Waals surface area contributed by atoms with Crippen LogP contribution in [0.1, 0.15) is 23.0 Å². The number of pyridine rings is 1. The number of nitrogens with two attached hydrogens (primary N) is 1. The minimum atomic E-state index is -0.0675. The summed E-state index contributed by atoms with van der Waals surface area (Å²) in [5.41, 5.74) is 7.01. The summed E-state index contributed by atoms with van der Waals surface area (Å²) in [5, 5.41) is 0. The lowest BCUT2D eigenvalue weighted by Gasteiger charge is -2.37. The number of morpholine rings is 1. The maximum atomic E-state index is 12.5. The second-order valence-electron chi connectivity index (χ2n) is 4.63. The average molecular weight is 249 g/mol. The summed E-state index contributed by atoms with van der Waals surface area (Å²) in [5.74, 6) is 0.00912. The van der Waals surface area contributed by atoms with Crippen molar-refractivity contribution in [1.29, 1.82) is 0 Å². The summed E-state index contributed by atoms with van der Waals surface area (Å²) >= 11 is 0. The first-order valence-electron chi connectivity index (χ1n) is 6.17. The van der Waals surface area contributed by atoms with Gasteiger partial charge in [-0.05, 0) is 26.0 Å². The van der Waals surface area contributed by atoms with Crippen LogP contribution in [0.4, 0.5) is 0 Å². The summed E-state index contributed by atoms with van der Waals surface area (Å²) in [7, 11) is 0. The van der Waals surface area contributed by atoms with Gasteiger partial charge in [-0.25, -0.2) is 0 Å². The Morgan fingerprint density at radius 2 is 2.44 bits per heavy atom. The number of hydrogen-bond acceptors (Lipinski definition) is 4. The standard InChI is InChI=1S/C13H19N3O2/c1-9-8-18-11(6-14)7-16(9)13(17)12-4-3-5-15-10(12)2/h3-5,9,11H,6-8,14H2,1-2H3. The molecule has 0 aromatic carbocycles. The van der Waals surface area contributed by atoms with Crippen LogP contribution in [0.25, 0.3) is 0 Å². The van der Waals surface area contributed by atoms with Gasteiger partial charge in [-0.15, -0.1) is 0 Å². The Morgan fingerprint density at radius 1 is 1.67 bits per heavy atom. The number of ether oxygens (including phenoxy) is 1. The highest BCUT2D eigenvalue weighted by Crippen LogP contribution is 2.16. The molecule has 1 aromatic heterocycles. The van der Waals surface area contributed by atoms with Gasteiger partial charge in [0.15, 0.2) is 0 Å². The van der Waals surface area contributed by atoms with Crippen LogP contribution in [-0.2, 0) is 4.74 Å². The fourth-order valence-electron chi connectivity index (χ4n) is 2.11. The predicted octanol–water partition coefficient (Wildman–Crippen LogP) is 0.578. The molecule has 0 aliphatic carbocycles. The van der Waals surface area contributed by atoms with Gasteiger partial charge in [0, 0.05) is 25.0 Å². The van der Waals surface area contributed by atoms with Crippen LogP contribution in [0.15, 0.2) is 18.3 Å². The number of aromatic nitrogens is 1. The monoisotopic (exact) mass is 249 g/mol. The van der Waals surface area contributed by atoms with E-state index in [1.165, 1.54) is 0 Å². The molecule has 1 amide bonds. The van der Waals surface area contributed by atoms with Crippen molar-refractivity contribution < 1.29 is 9.53 Å². The van der Waals surface area contributed by atoms with Gasteiger partial charge in [-0.1, -0.05) is 0 Å². The minimum Gasteiger partial charge on any atom is -0.373 e. The van der Waals surface area contributed by atoms with Crippen LogP contribution < -0.4 is 5.73 Å². The number of carbonyl (C=O) groups is 1. The highest BCUT2D eigenvalue weighted by Gasteiger charge is 2.30. The van der Waals surface area contributed by atoms with Crippen LogP contribution >= 0.6 is 0 Å². The zero-order valence-corrected chi connectivity index (χ0v) is 10.8. The average Bonchev–Trinajstić information content (AvgIpc) is 2.39. The van der Waals surface area contributed by atoms with Crippen molar-refractivity contribution in [2.45, 2.75) is 26.0 Å². The zero-order valence-electron chi connectivity index (χ0n) is 10.8. The molecule has 1 fully saturated rings. The fraction of sp³-hybridized carbons (Fsp3) is 0.538. The van der Waals surface area contributed by atoms with Crippen LogP contribution in [-0.4, -0.2) is 47.6 Å². The lowest BCUT2D eigenvalue weighted by Crippen LogP contribution is -2.53. The molecule has 0 bridgehead atoms. The van der Waals surface area contributed by atoms with Crippen molar-refractivity contribution in [2.24, 2.45) is 5.73 Å². The van der Waals surface area contributed by atoms with Crippen molar-refractivity contribution in [2.75, 3.05) is 19.7 Å². The van der Waals surface area contributed by atoms with E-state index in [2.05, 4.69) is 4.98 Å². The van der Waals surface area contributed by atoms with Gasteiger partial charge in [0.05, 0.1) is 24.3 Å². The minimum absolute atomic E-state index is 0.00912. The molecule has 2 N–H and O–H groups in total. The molecule has 5 heteroatoms. The largest absolute Gasteiger partial charge is 0.373 e. The molecular weight excluding hydrogens is 230 g/mol. The van der Waals surface area contributed by atoms with Gasteiger partial charge < -0.3 is 15.4 Å². The lowest BCUT2D eigenvalue weighted by atomic mass is 10.1. The lowest BCUT2D eigenvalue weighted by molar-refractivity contribution is -0.0426. The molecule has 98 valence electrons. The SMILES string of the molecule is Cc1ncccc1C(=O)N1CC(CN)OCC1C. The number of carbonyl (C=O) groups excluding carboxylic acids is 1. The maximum Gasteiger partial charge on any atom is 0.256 e.